The van der Waals surface area contributed by atoms with Gasteiger partial charge >= 0.3 is 5.97 Å². The summed E-state index contributed by atoms with van der Waals surface area (Å²) in [6.07, 6.45) is 0.760. The minimum absolute atomic E-state index is 0.0463. The molecule has 2 rings (SSSR count). The number of carbonyl (C=O) groups is 1. The largest absolute Gasteiger partial charge is 0.460 e. The first-order valence-electron chi connectivity index (χ1n) is 6.82. The van der Waals surface area contributed by atoms with Crippen molar-refractivity contribution in [3.8, 4) is 0 Å². The Bertz CT molecular complexity index is 609. The fraction of sp³-hybridized carbons (Fsp3) is 0.533. The van der Waals surface area contributed by atoms with Crippen LogP contribution in [0, 0.1) is 0 Å². The molecule has 1 aromatic rings. The molecule has 1 aliphatic carbocycles. The minimum atomic E-state index is -3.73. The Labute approximate surface area is 124 Å². The Morgan fingerprint density at radius 2 is 1.86 bits per heavy atom. The predicted octanol–water partition coefficient (Wildman–Crippen LogP) is 1.45. The zero-order valence-electron chi connectivity index (χ0n) is 12.2. The molecule has 1 saturated carbocycles. The molecule has 0 atom stereocenters. The number of hydrogen-bond donors (Lipinski definition) is 1. The molecule has 0 aromatic heterocycles. The zero-order chi connectivity index (χ0) is 15.7. The molecule has 1 N–H and O–H groups in total. The molecule has 5 nitrogen and oxygen atoms in total. The van der Waals surface area contributed by atoms with Gasteiger partial charge in [-0.25, -0.2) is 8.42 Å². The van der Waals surface area contributed by atoms with E-state index >= 15 is 0 Å². The Hall–Kier alpha value is -1.40. The van der Waals surface area contributed by atoms with E-state index in [4.69, 9.17) is 4.74 Å². The standard InChI is InChI=1S/C15H20O5S/c1-14(2,17)15(8-9-15)21(18,19)11-13(16)20-10-12-6-4-3-5-7-12/h3-7,17H,8-11H2,1-2H3. The summed E-state index contributed by atoms with van der Waals surface area (Å²) in [4.78, 5) is 11.8. The lowest BCUT2D eigenvalue weighted by Crippen LogP contribution is -2.46. The lowest BCUT2D eigenvalue weighted by molar-refractivity contribution is -0.141. The van der Waals surface area contributed by atoms with Crippen LogP contribution in [0.2, 0.25) is 0 Å². The van der Waals surface area contributed by atoms with Gasteiger partial charge in [0.2, 0.25) is 0 Å². The molecule has 0 radical (unpaired) electrons. The molecule has 0 aliphatic heterocycles. The van der Waals surface area contributed by atoms with Gasteiger partial charge in [0.1, 0.15) is 17.1 Å². The average Bonchev–Trinajstić information content (AvgIpc) is 3.18. The van der Waals surface area contributed by atoms with E-state index in [9.17, 15) is 18.3 Å². The van der Waals surface area contributed by atoms with Crippen LogP contribution in [0.4, 0.5) is 0 Å². The number of ether oxygens (including phenoxy) is 1. The average molecular weight is 312 g/mol. The number of sulfone groups is 1. The number of rotatable bonds is 6. The second-order valence-electron chi connectivity index (χ2n) is 5.96. The van der Waals surface area contributed by atoms with Crippen LogP contribution in [0.25, 0.3) is 0 Å². The molecular weight excluding hydrogens is 292 g/mol. The van der Waals surface area contributed by atoms with E-state index in [-0.39, 0.29) is 6.61 Å². The second kappa shape index (κ2) is 5.42. The van der Waals surface area contributed by atoms with Gasteiger partial charge in [-0.2, -0.15) is 0 Å². The number of benzene rings is 1. The van der Waals surface area contributed by atoms with Crippen molar-refractivity contribution < 1.29 is 23.1 Å². The van der Waals surface area contributed by atoms with Crippen molar-refractivity contribution in [2.45, 2.75) is 43.6 Å². The summed E-state index contributed by atoms with van der Waals surface area (Å²) in [5, 5.41) is 10.0. The lowest BCUT2D eigenvalue weighted by Gasteiger charge is -2.28. The third-order valence-electron chi connectivity index (χ3n) is 3.96. The number of esters is 1. The van der Waals surface area contributed by atoms with Crippen LogP contribution in [-0.4, -0.2) is 35.6 Å². The van der Waals surface area contributed by atoms with Gasteiger partial charge in [-0.15, -0.1) is 0 Å². The van der Waals surface area contributed by atoms with Gasteiger partial charge in [0, 0.05) is 0 Å². The van der Waals surface area contributed by atoms with Crippen molar-refractivity contribution >= 4 is 15.8 Å². The molecule has 0 spiro atoms. The molecule has 0 saturated heterocycles. The van der Waals surface area contributed by atoms with Crippen LogP contribution >= 0.6 is 0 Å². The van der Waals surface area contributed by atoms with Crippen molar-refractivity contribution in [2.75, 3.05) is 5.75 Å². The lowest BCUT2D eigenvalue weighted by atomic mass is 10.0. The molecule has 0 heterocycles. The Morgan fingerprint density at radius 3 is 2.33 bits per heavy atom. The molecular formula is C15H20O5S. The van der Waals surface area contributed by atoms with E-state index in [0.717, 1.165) is 5.56 Å². The minimum Gasteiger partial charge on any atom is -0.460 e. The maximum absolute atomic E-state index is 12.3. The SMILES string of the molecule is CC(C)(O)C1(S(=O)(=O)CC(=O)OCc2ccccc2)CC1. The first kappa shape index (κ1) is 16.0. The summed E-state index contributed by atoms with van der Waals surface area (Å²) >= 11 is 0. The summed E-state index contributed by atoms with van der Waals surface area (Å²) in [6.45, 7) is 2.98. The van der Waals surface area contributed by atoms with Crippen molar-refractivity contribution in [1.82, 2.24) is 0 Å². The van der Waals surface area contributed by atoms with Crippen LogP contribution in [0.1, 0.15) is 32.3 Å². The van der Waals surface area contributed by atoms with Gasteiger partial charge in [-0.1, -0.05) is 30.3 Å². The van der Waals surface area contributed by atoms with Gasteiger partial charge in [-0.05, 0) is 32.3 Å². The van der Waals surface area contributed by atoms with Crippen molar-refractivity contribution in [3.63, 3.8) is 0 Å². The molecule has 6 heteroatoms. The third-order valence-corrected chi connectivity index (χ3v) is 6.68. The van der Waals surface area contributed by atoms with E-state index in [1.54, 1.807) is 12.1 Å². The second-order valence-corrected chi connectivity index (χ2v) is 8.26. The molecule has 0 bridgehead atoms. The highest BCUT2D eigenvalue weighted by molar-refractivity contribution is 7.93. The molecule has 0 unspecified atom stereocenters. The molecule has 1 aliphatic rings. The van der Waals surface area contributed by atoms with Gasteiger partial charge in [0.25, 0.3) is 0 Å². The Kier molecular flexibility index (Phi) is 4.13. The van der Waals surface area contributed by atoms with Gasteiger partial charge in [0.15, 0.2) is 9.84 Å². The topological polar surface area (TPSA) is 80.7 Å². The van der Waals surface area contributed by atoms with Crippen molar-refractivity contribution in [1.29, 1.82) is 0 Å². The smallest absolute Gasteiger partial charge is 0.321 e. The zero-order valence-corrected chi connectivity index (χ0v) is 13.0. The maximum Gasteiger partial charge on any atom is 0.321 e. The monoisotopic (exact) mass is 312 g/mol. The summed E-state index contributed by atoms with van der Waals surface area (Å²) in [6, 6.07) is 9.05. The van der Waals surface area contributed by atoms with Crippen molar-refractivity contribution in [2.24, 2.45) is 0 Å². The summed E-state index contributed by atoms with van der Waals surface area (Å²) in [7, 11) is -3.73. The third kappa shape index (κ3) is 3.27. The maximum atomic E-state index is 12.3. The van der Waals surface area contributed by atoms with Crippen LogP contribution < -0.4 is 0 Å². The highest BCUT2D eigenvalue weighted by Gasteiger charge is 2.63. The Balaban J connectivity index is 1.97. The van der Waals surface area contributed by atoms with Crippen LogP contribution in [0.5, 0.6) is 0 Å². The molecule has 1 aromatic carbocycles. The highest BCUT2D eigenvalue weighted by Crippen LogP contribution is 2.51. The fourth-order valence-corrected chi connectivity index (χ4v) is 4.65. The highest BCUT2D eigenvalue weighted by atomic mass is 32.2. The summed E-state index contributed by atoms with van der Waals surface area (Å²) in [5.41, 5.74) is -0.558. The van der Waals surface area contributed by atoms with Crippen molar-refractivity contribution in [3.05, 3.63) is 35.9 Å². The fourth-order valence-electron chi connectivity index (χ4n) is 2.49. The summed E-state index contributed by atoms with van der Waals surface area (Å²) < 4.78 is 28.4. The van der Waals surface area contributed by atoms with Gasteiger partial charge in [0.05, 0.1) is 5.60 Å². The van der Waals surface area contributed by atoms with E-state index in [0.29, 0.717) is 12.8 Å². The Morgan fingerprint density at radius 1 is 1.29 bits per heavy atom. The number of hydrogen-bond acceptors (Lipinski definition) is 5. The van der Waals surface area contributed by atoms with Crippen LogP contribution in [0.3, 0.4) is 0 Å². The number of carbonyl (C=O) groups excluding carboxylic acids is 1. The molecule has 21 heavy (non-hydrogen) atoms. The van der Waals surface area contributed by atoms with E-state index in [1.807, 2.05) is 18.2 Å². The quantitative estimate of drug-likeness (QED) is 0.804. The van der Waals surface area contributed by atoms with Crippen LogP contribution in [-0.2, 0) is 26.0 Å². The molecule has 116 valence electrons. The van der Waals surface area contributed by atoms with E-state index in [2.05, 4.69) is 0 Å². The summed E-state index contributed by atoms with van der Waals surface area (Å²) in [5.74, 6) is -1.47. The van der Waals surface area contributed by atoms with Crippen LogP contribution in [0.15, 0.2) is 30.3 Å². The van der Waals surface area contributed by atoms with Gasteiger partial charge in [-0.3, -0.25) is 4.79 Å². The van der Waals surface area contributed by atoms with E-state index in [1.165, 1.54) is 13.8 Å². The molecule has 1 fully saturated rings. The normalized spacial score (nSPS) is 17.3. The van der Waals surface area contributed by atoms with E-state index < -0.39 is 31.9 Å². The van der Waals surface area contributed by atoms with Gasteiger partial charge < -0.3 is 9.84 Å². The first-order valence-corrected chi connectivity index (χ1v) is 8.47. The predicted molar refractivity (Wildman–Crippen MR) is 78.3 cm³/mol. The first-order chi connectivity index (χ1) is 9.68. The molecule has 0 amide bonds. The number of aliphatic hydroxyl groups is 1.